The van der Waals surface area contributed by atoms with Crippen LogP contribution in [0.25, 0.3) is 10.9 Å². The van der Waals surface area contributed by atoms with Gasteiger partial charge in [-0.3, -0.25) is 4.90 Å². The zero-order valence-corrected chi connectivity index (χ0v) is 13.7. The highest BCUT2D eigenvalue weighted by molar-refractivity contribution is 5.89. The van der Waals surface area contributed by atoms with Crippen LogP contribution in [0.3, 0.4) is 0 Å². The molecule has 24 heavy (non-hydrogen) atoms. The minimum Gasteiger partial charge on any atom is -0.465 e. The van der Waals surface area contributed by atoms with E-state index in [4.69, 9.17) is 4.74 Å². The SMILES string of the molecule is COC(=O)c1ccc(CN2CCc3c([nH]c4ccccc34)C2)cc1. The van der Waals surface area contributed by atoms with Crippen LogP contribution < -0.4 is 0 Å². The first-order chi connectivity index (χ1) is 11.7. The molecule has 3 aromatic rings. The van der Waals surface area contributed by atoms with Crippen molar-refractivity contribution in [3.63, 3.8) is 0 Å². The van der Waals surface area contributed by atoms with Crippen molar-refractivity contribution in [2.75, 3.05) is 13.7 Å². The van der Waals surface area contributed by atoms with Crippen molar-refractivity contribution >= 4 is 16.9 Å². The third kappa shape index (κ3) is 2.69. The number of rotatable bonds is 3. The average molecular weight is 320 g/mol. The first-order valence-electron chi connectivity index (χ1n) is 8.22. The normalized spacial score (nSPS) is 14.5. The smallest absolute Gasteiger partial charge is 0.337 e. The van der Waals surface area contributed by atoms with Gasteiger partial charge in [-0.1, -0.05) is 30.3 Å². The van der Waals surface area contributed by atoms with E-state index < -0.39 is 0 Å². The first-order valence-corrected chi connectivity index (χ1v) is 8.22. The Morgan fingerprint density at radius 3 is 2.75 bits per heavy atom. The van der Waals surface area contributed by atoms with Gasteiger partial charge in [0.25, 0.3) is 0 Å². The lowest BCUT2D eigenvalue weighted by molar-refractivity contribution is 0.0600. The van der Waals surface area contributed by atoms with E-state index in [2.05, 4.69) is 34.1 Å². The number of H-pyrrole nitrogens is 1. The monoisotopic (exact) mass is 320 g/mol. The molecular formula is C20H20N2O2. The standard InChI is InChI=1S/C20H20N2O2/c1-24-20(23)15-8-6-14(7-9-15)12-22-11-10-17-16-4-2-3-5-18(16)21-19(17)13-22/h2-9,21H,10-13H2,1H3. The van der Waals surface area contributed by atoms with Crippen LogP contribution in [0.2, 0.25) is 0 Å². The molecule has 0 spiro atoms. The number of fused-ring (bicyclic) bond motifs is 3. The van der Waals surface area contributed by atoms with Gasteiger partial charge in [0.1, 0.15) is 0 Å². The van der Waals surface area contributed by atoms with Crippen molar-refractivity contribution in [3.8, 4) is 0 Å². The Bertz CT molecular complexity index is 880. The lowest BCUT2D eigenvalue weighted by Gasteiger charge is -2.27. The second-order valence-electron chi connectivity index (χ2n) is 6.28. The Balaban J connectivity index is 1.50. The molecule has 0 aliphatic carbocycles. The summed E-state index contributed by atoms with van der Waals surface area (Å²) in [7, 11) is 1.40. The van der Waals surface area contributed by atoms with Crippen molar-refractivity contribution in [2.24, 2.45) is 0 Å². The van der Waals surface area contributed by atoms with Crippen LogP contribution in [0.1, 0.15) is 27.2 Å². The molecular weight excluding hydrogens is 300 g/mol. The van der Waals surface area contributed by atoms with Crippen LogP contribution in [0.5, 0.6) is 0 Å². The second-order valence-corrected chi connectivity index (χ2v) is 6.28. The van der Waals surface area contributed by atoms with Gasteiger partial charge in [-0.05, 0) is 35.7 Å². The van der Waals surface area contributed by atoms with E-state index in [-0.39, 0.29) is 5.97 Å². The summed E-state index contributed by atoms with van der Waals surface area (Å²) in [6, 6.07) is 16.2. The van der Waals surface area contributed by atoms with Crippen LogP contribution in [-0.4, -0.2) is 29.5 Å². The number of esters is 1. The Hall–Kier alpha value is -2.59. The molecule has 0 atom stereocenters. The van der Waals surface area contributed by atoms with E-state index in [9.17, 15) is 4.79 Å². The fourth-order valence-electron chi connectivity index (χ4n) is 3.51. The van der Waals surface area contributed by atoms with Gasteiger partial charge in [0, 0.05) is 36.2 Å². The molecule has 2 heterocycles. The molecule has 4 nitrogen and oxygen atoms in total. The van der Waals surface area contributed by atoms with E-state index in [0.29, 0.717) is 5.56 Å². The first kappa shape index (κ1) is 15.0. The molecule has 0 saturated heterocycles. The summed E-state index contributed by atoms with van der Waals surface area (Å²) < 4.78 is 4.74. The molecule has 1 aliphatic heterocycles. The summed E-state index contributed by atoms with van der Waals surface area (Å²) in [5, 5.41) is 1.36. The molecule has 4 heteroatoms. The summed E-state index contributed by atoms with van der Waals surface area (Å²) in [4.78, 5) is 17.5. The molecule has 0 radical (unpaired) electrons. The summed E-state index contributed by atoms with van der Waals surface area (Å²) in [5.41, 5.74) is 5.82. The maximum atomic E-state index is 11.5. The molecule has 1 N–H and O–H groups in total. The van der Waals surface area contributed by atoms with Crippen LogP contribution in [0.15, 0.2) is 48.5 Å². The summed E-state index contributed by atoms with van der Waals surface area (Å²) in [6.07, 6.45) is 1.07. The highest BCUT2D eigenvalue weighted by atomic mass is 16.5. The van der Waals surface area contributed by atoms with Crippen LogP contribution in [0.4, 0.5) is 0 Å². The zero-order chi connectivity index (χ0) is 16.5. The van der Waals surface area contributed by atoms with Gasteiger partial charge in [-0.25, -0.2) is 4.79 Å². The maximum Gasteiger partial charge on any atom is 0.337 e. The lowest BCUT2D eigenvalue weighted by atomic mass is 10.0. The van der Waals surface area contributed by atoms with Crippen molar-refractivity contribution in [1.29, 1.82) is 0 Å². The van der Waals surface area contributed by atoms with Gasteiger partial charge in [0.2, 0.25) is 0 Å². The summed E-state index contributed by atoms with van der Waals surface area (Å²) in [5.74, 6) is -0.290. The van der Waals surface area contributed by atoms with Crippen molar-refractivity contribution in [3.05, 3.63) is 70.9 Å². The molecule has 0 fully saturated rings. The number of methoxy groups -OCH3 is 1. The van der Waals surface area contributed by atoms with Gasteiger partial charge in [-0.2, -0.15) is 0 Å². The molecule has 0 amide bonds. The number of para-hydroxylation sites is 1. The highest BCUT2D eigenvalue weighted by Crippen LogP contribution is 2.28. The molecule has 122 valence electrons. The van der Waals surface area contributed by atoms with Crippen LogP contribution in [0, 0.1) is 0 Å². The van der Waals surface area contributed by atoms with E-state index in [1.165, 1.54) is 34.8 Å². The molecule has 4 rings (SSSR count). The van der Waals surface area contributed by atoms with Gasteiger partial charge < -0.3 is 9.72 Å². The largest absolute Gasteiger partial charge is 0.465 e. The van der Waals surface area contributed by atoms with Gasteiger partial charge in [0.15, 0.2) is 0 Å². The number of carbonyl (C=O) groups excluding carboxylic acids is 1. The fraction of sp³-hybridized carbons (Fsp3) is 0.250. The minimum absolute atomic E-state index is 0.290. The van der Waals surface area contributed by atoms with Crippen LogP contribution >= 0.6 is 0 Å². The number of hydrogen-bond acceptors (Lipinski definition) is 3. The van der Waals surface area contributed by atoms with E-state index in [1.807, 2.05) is 24.3 Å². The quantitative estimate of drug-likeness (QED) is 0.751. The number of nitrogens with one attached hydrogen (secondary N) is 1. The number of ether oxygens (including phenoxy) is 1. The minimum atomic E-state index is -0.290. The van der Waals surface area contributed by atoms with Gasteiger partial charge in [-0.15, -0.1) is 0 Å². The molecule has 0 saturated carbocycles. The molecule has 2 aromatic carbocycles. The van der Waals surface area contributed by atoms with Crippen molar-refractivity contribution < 1.29 is 9.53 Å². The third-order valence-electron chi connectivity index (χ3n) is 4.74. The number of carbonyl (C=O) groups is 1. The zero-order valence-electron chi connectivity index (χ0n) is 13.7. The fourth-order valence-corrected chi connectivity index (χ4v) is 3.51. The number of nitrogens with zero attached hydrogens (tertiary/aromatic N) is 1. The van der Waals surface area contributed by atoms with Gasteiger partial charge in [0.05, 0.1) is 12.7 Å². The van der Waals surface area contributed by atoms with E-state index >= 15 is 0 Å². The molecule has 1 aromatic heterocycles. The van der Waals surface area contributed by atoms with Gasteiger partial charge >= 0.3 is 5.97 Å². The molecule has 0 unspecified atom stereocenters. The lowest BCUT2D eigenvalue weighted by Crippen LogP contribution is -2.29. The van der Waals surface area contributed by atoms with E-state index in [0.717, 1.165) is 26.1 Å². The Labute approximate surface area is 141 Å². The number of aromatic nitrogens is 1. The topological polar surface area (TPSA) is 45.3 Å². The summed E-state index contributed by atoms with van der Waals surface area (Å²) in [6.45, 7) is 2.87. The number of hydrogen-bond donors (Lipinski definition) is 1. The molecule has 0 bridgehead atoms. The Morgan fingerprint density at radius 1 is 1.17 bits per heavy atom. The van der Waals surface area contributed by atoms with Crippen molar-refractivity contribution in [1.82, 2.24) is 9.88 Å². The summed E-state index contributed by atoms with van der Waals surface area (Å²) >= 11 is 0. The number of benzene rings is 2. The van der Waals surface area contributed by atoms with Crippen LogP contribution in [-0.2, 0) is 24.2 Å². The average Bonchev–Trinajstić information content (AvgIpc) is 2.99. The third-order valence-corrected chi connectivity index (χ3v) is 4.74. The predicted octanol–water partition coefficient (Wildman–Crippen LogP) is 3.51. The van der Waals surface area contributed by atoms with Crippen molar-refractivity contribution in [2.45, 2.75) is 19.5 Å². The highest BCUT2D eigenvalue weighted by Gasteiger charge is 2.20. The maximum absolute atomic E-state index is 11.5. The predicted molar refractivity (Wildman–Crippen MR) is 93.9 cm³/mol. The second kappa shape index (κ2) is 6.13. The molecule has 1 aliphatic rings. The Morgan fingerprint density at radius 2 is 1.96 bits per heavy atom. The Kier molecular flexibility index (Phi) is 3.82. The van der Waals surface area contributed by atoms with E-state index in [1.54, 1.807) is 0 Å². The number of aromatic amines is 1.